The van der Waals surface area contributed by atoms with Gasteiger partial charge in [0.25, 0.3) is 0 Å². The third-order valence-electron chi connectivity index (χ3n) is 8.55. The maximum atomic E-state index is 14.3. The van der Waals surface area contributed by atoms with Crippen molar-refractivity contribution in [2.75, 3.05) is 23.3 Å². The summed E-state index contributed by atoms with van der Waals surface area (Å²) >= 11 is 7.06. The molecule has 1 aliphatic rings. The summed E-state index contributed by atoms with van der Waals surface area (Å²) in [5, 5.41) is 3.94. The molecule has 0 aliphatic carbocycles. The zero-order chi connectivity index (χ0) is 34.4. The van der Waals surface area contributed by atoms with Crippen molar-refractivity contribution in [3.63, 3.8) is 0 Å². The number of anilines is 2. The fraction of sp³-hybridized carbons (Fsp3) is 0.389. The molecule has 3 aromatic heterocycles. The first-order valence-electron chi connectivity index (χ1n) is 15.8. The number of carbonyl (C=O) groups is 2. The van der Waals surface area contributed by atoms with E-state index in [9.17, 15) is 14.4 Å². The molecule has 1 aromatic carbocycles. The molecule has 246 valence electrons. The van der Waals surface area contributed by atoms with Crippen LogP contribution in [0.5, 0.6) is 0 Å². The van der Waals surface area contributed by atoms with Crippen molar-refractivity contribution in [1.29, 1.82) is 0 Å². The number of hydrogen-bond acceptors (Lipinski definition) is 7. The van der Waals surface area contributed by atoms with Gasteiger partial charge in [-0.15, -0.1) is 0 Å². The highest BCUT2D eigenvalue weighted by Gasteiger charge is 2.34. The van der Waals surface area contributed by atoms with Crippen molar-refractivity contribution >= 4 is 46.0 Å². The molecule has 2 atom stereocenters. The van der Waals surface area contributed by atoms with E-state index < -0.39 is 11.1 Å². The number of aromatic nitrogens is 4. The zero-order valence-corrected chi connectivity index (χ0v) is 29.0. The highest BCUT2D eigenvalue weighted by atomic mass is 35.5. The van der Waals surface area contributed by atoms with E-state index in [0.29, 0.717) is 57.6 Å². The fourth-order valence-corrected chi connectivity index (χ4v) is 6.21. The van der Waals surface area contributed by atoms with Crippen LogP contribution in [0.1, 0.15) is 65.6 Å². The normalized spacial score (nSPS) is 16.9. The molecule has 10 nitrogen and oxygen atoms in total. The first-order chi connectivity index (χ1) is 22.1. The Kier molecular flexibility index (Phi) is 9.28. The van der Waals surface area contributed by atoms with E-state index in [1.807, 2.05) is 90.6 Å². The summed E-state index contributed by atoms with van der Waals surface area (Å²) in [5.41, 5.74) is 2.99. The Hall–Kier alpha value is -4.57. The summed E-state index contributed by atoms with van der Waals surface area (Å²) in [5.74, 6) is 0.143. The minimum absolute atomic E-state index is 0.00276. The molecule has 2 amide bonds. The van der Waals surface area contributed by atoms with Gasteiger partial charge >= 0.3 is 5.69 Å². The molecule has 1 aliphatic heterocycles. The number of aryl methyl sites for hydroxylation is 1. The highest BCUT2D eigenvalue weighted by molar-refractivity contribution is 6.34. The number of rotatable bonds is 6. The largest absolute Gasteiger partial charge is 0.355 e. The molecule has 0 bridgehead atoms. The number of fused-ring (bicyclic) bond motifs is 1. The topological polar surface area (TPSA) is 113 Å². The van der Waals surface area contributed by atoms with Crippen LogP contribution in [0.25, 0.3) is 28.0 Å². The lowest BCUT2D eigenvalue weighted by molar-refractivity contribution is -0.128. The van der Waals surface area contributed by atoms with Crippen LogP contribution in [-0.4, -0.2) is 61.4 Å². The standard InChI is InChI=1S/C36H42ClN7O3/c1-10-28(45)42-18-23(6)43(19-22(42)5)32-25-17-26(37)30(24-13-11-12-14-27(24)39-34(46)36(7,8)9)40-33(25)44(35(47)41-32)31-21(4)15-16-38-29(31)20(2)3/h10-17,20,22-23H,1,18-19H2,2-9H3,(H,39,46). The minimum Gasteiger partial charge on any atom is -0.349 e. The SMILES string of the molecule is C=CC(=O)N1CC(C)N(c2nc(=O)n(-c3c(C)ccnc3C(C)C)c3nc(-c4ccccc4NC(=O)C(C)(C)C)c(Cl)cc23)CC1C. The molecule has 1 saturated heterocycles. The summed E-state index contributed by atoms with van der Waals surface area (Å²) in [4.78, 5) is 58.2. The number of halogens is 1. The average Bonchev–Trinajstić information content (AvgIpc) is 3.01. The molecule has 0 spiro atoms. The van der Waals surface area contributed by atoms with Gasteiger partial charge in [0.05, 0.1) is 33.2 Å². The first kappa shape index (κ1) is 33.8. The minimum atomic E-state index is -0.631. The Morgan fingerprint density at radius 1 is 1.09 bits per heavy atom. The van der Waals surface area contributed by atoms with Crippen LogP contribution >= 0.6 is 11.6 Å². The van der Waals surface area contributed by atoms with E-state index in [2.05, 4.69) is 21.9 Å². The van der Waals surface area contributed by atoms with Crippen molar-refractivity contribution in [1.82, 2.24) is 24.4 Å². The van der Waals surface area contributed by atoms with Crippen LogP contribution in [0.3, 0.4) is 0 Å². The lowest BCUT2D eigenvalue weighted by Crippen LogP contribution is -2.58. The van der Waals surface area contributed by atoms with Crippen LogP contribution in [0.15, 0.2) is 60.0 Å². The van der Waals surface area contributed by atoms with Crippen molar-refractivity contribution in [3.8, 4) is 16.9 Å². The summed E-state index contributed by atoms with van der Waals surface area (Å²) in [6.45, 7) is 20.0. The monoisotopic (exact) mass is 655 g/mol. The highest BCUT2D eigenvalue weighted by Crippen LogP contribution is 2.38. The van der Waals surface area contributed by atoms with E-state index in [-0.39, 0.29) is 29.8 Å². The van der Waals surface area contributed by atoms with Crippen LogP contribution in [-0.2, 0) is 9.59 Å². The number of nitrogens with zero attached hydrogens (tertiary/aromatic N) is 6. The van der Waals surface area contributed by atoms with Crippen LogP contribution in [0.2, 0.25) is 5.02 Å². The number of amides is 2. The maximum absolute atomic E-state index is 14.3. The molecule has 2 unspecified atom stereocenters. The molecule has 1 fully saturated rings. The maximum Gasteiger partial charge on any atom is 0.355 e. The van der Waals surface area contributed by atoms with E-state index in [4.69, 9.17) is 16.6 Å². The molecule has 5 rings (SSSR count). The number of pyridine rings is 2. The summed E-state index contributed by atoms with van der Waals surface area (Å²) in [6.07, 6.45) is 3.06. The van der Waals surface area contributed by atoms with Crippen LogP contribution < -0.4 is 15.9 Å². The van der Waals surface area contributed by atoms with Gasteiger partial charge < -0.3 is 15.1 Å². The molecule has 47 heavy (non-hydrogen) atoms. The predicted octanol–water partition coefficient (Wildman–Crippen LogP) is 6.52. The van der Waals surface area contributed by atoms with Gasteiger partial charge in [-0.25, -0.2) is 14.3 Å². The smallest absolute Gasteiger partial charge is 0.349 e. The lowest BCUT2D eigenvalue weighted by Gasteiger charge is -2.44. The Morgan fingerprint density at radius 2 is 1.79 bits per heavy atom. The van der Waals surface area contributed by atoms with Gasteiger partial charge in [-0.3, -0.25) is 14.6 Å². The van der Waals surface area contributed by atoms with Gasteiger partial charge in [-0.2, -0.15) is 4.98 Å². The Morgan fingerprint density at radius 3 is 2.45 bits per heavy atom. The van der Waals surface area contributed by atoms with Gasteiger partial charge in [-0.05, 0) is 56.5 Å². The van der Waals surface area contributed by atoms with Gasteiger partial charge in [-0.1, -0.05) is 71.0 Å². The van der Waals surface area contributed by atoms with E-state index in [0.717, 1.165) is 11.3 Å². The molecule has 0 saturated carbocycles. The third kappa shape index (κ3) is 6.39. The van der Waals surface area contributed by atoms with Gasteiger partial charge in [0.15, 0.2) is 5.65 Å². The van der Waals surface area contributed by atoms with E-state index in [1.165, 1.54) is 10.6 Å². The second-order valence-electron chi connectivity index (χ2n) is 13.6. The van der Waals surface area contributed by atoms with E-state index >= 15 is 0 Å². The molecular formula is C36H42ClN7O3. The van der Waals surface area contributed by atoms with Crippen molar-refractivity contribution < 1.29 is 9.59 Å². The van der Waals surface area contributed by atoms with Gasteiger partial charge in [0, 0.05) is 42.3 Å². The fourth-order valence-electron chi connectivity index (χ4n) is 5.95. The Bertz CT molecular complexity index is 1950. The number of para-hydroxylation sites is 1. The summed E-state index contributed by atoms with van der Waals surface area (Å²) in [7, 11) is 0. The predicted molar refractivity (Wildman–Crippen MR) is 188 cm³/mol. The van der Waals surface area contributed by atoms with Crippen LogP contribution in [0, 0.1) is 12.3 Å². The zero-order valence-electron chi connectivity index (χ0n) is 28.3. The summed E-state index contributed by atoms with van der Waals surface area (Å²) in [6, 6.07) is 10.7. The van der Waals surface area contributed by atoms with Gasteiger partial charge in [0.1, 0.15) is 5.82 Å². The third-order valence-corrected chi connectivity index (χ3v) is 8.84. The number of nitrogens with one attached hydrogen (secondary N) is 1. The molecule has 11 heteroatoms. The number of hydrogen-bond donors (Lipinski definition) is 1. The second kappa shape index (κ2) is 12.9. The molecule has 1 N–H and O–H groups in total. The van der Waals surface area contributed by atoms with Crippen molar-refractivity contribution in [2.45, 2.75) is 73.4 Å². The quantitative estimate of drug-likeness (QED) is 0.235. The molecular weight excluding hydrogens is 614 g/mol. The van der Waals surface area contributed by atoms with E-state index in [1.54, 1.807) is 17.2 Å². The molecule has 4 aromatic rings. The van der Waals surface area contributed by atoms with Gasteiger partial charge in [0.2, 0.25) is 11.8 Å². The van der Waals surface area contributed by atoms with Crippen molar-refractivity contribution in [3.05, 3.63) is 82.0 Å². The lowest BCUT2D eigenvalue weighted by atomic mass is 9.95. The average molecular weight is 656 g/mol. The molecule has 0 radical (unpaired) electrons. The number of benzene rings is 1. The Labute approximate surface area is 280 Å². The second-order valence-corrected chi connectivity index (χ2v) is 14.0. The summed E-state index contributed by atoms with van der Waals surface area (Å²) < 4.78 is 1.53. The first-order valence-corrected chi connectivity index (χ1v) is 16.2. The number of carbonyl (C=O) groups excluding carboxylic acids is 2. The van der Waals surface area contributed by atoms with Crippen LogP contribution in [0.4, 0.5) is 11.5 Å². The Balaban J connectivity index is 1.81. The molecule has 4 heterocycles. The van der Waals surface area contributed by atoms with Crippen molar-refractivity contribution in [2.24, 2.45) is 5.41 Å². The number of piperazine rings is 1.